The molecule has 2 aromatic rings. The van der Waals surface area contributed by atoms with Gasteiger partial charge in [-0.15, -0.1) is 6.07 Å². The van der Waals surface area contributed by atoms with Crippen LogP contribution in [0.2, 0.25) is 0 Å². The molecule has 0 fully saturated rings. The van der Waals surface area contributed by atoms with Crippen molar-refractivity contribution in [1.82, 2.24) is 0 Å². The van der Waals surface area contributed by atoms with Gasteiger partial charge in [-0.3, -0.25) is 0 Å². The van der Waals surface area contributed by atoms with Crippen LogP contribution >= 0.6 is 0 Å². The normalized spacial score (nSPS) is 9.41. The Labute approximate surface area is 109 Å². The van der Waals surface area contributed by atoms with E-state index in [4.69, 9.17) is 5.11 Å². The number of furan rings is 1. The summed E-state index contributed by atoms with van der Waals surface area (Å²) in [6.45, 7) is 0. The third-order valence-corrected chi connectivity index (χ3v) is 2.12. The Bertz CT molecular complexity index is 531. The fraction of sp³-hybridized carbons (Fsp3) is 0. The van der Waals surface area contributed by atoms with Crippen molar-refractivity contribution >= 4 is 11.8 Å². The van der Waals surface area contributed by atoms with E-state index >= 15 is 0 Å². The van der Waals surface area contributed by atoms with Gasteiger partial charge in [0, 0.05) is 6.26 Å². The monoisotopic (exact) mass is 222 g/mol. The molecule has 0 aliphatic rings. The average Bonchev–Trinajstić information content (AvgIpc) is 2.81. The Balaban J connectivity index is 0.00000144. The molecular formula is C12H7LiO4. The van der Waals surface area contributed by atoms with Gasteiger partial charge >= 0.3 is 24.8 Å². The largest absolute Gasteiger partial charge is 1.00 e. The zero-order chi connectivity index (χ0) is 11.5. The molecule has 0 bridgehead atoms. The zero-order valence-corrected chi connectivity index (χ0v) is 9.14. The predicted octanol–water partition coefficient (Wildman–Crippen LogP) is -0.987. The number of carboxylic acid groups (broad SMARTS) is 1. The first-order valence-corrected chi connectivity index (χ1v) is 4.52. The summed E-state index contributed by atoms with van der Waals surface area (Å²) in [5.41, 5.74) is 0.323. The number of benzene rings is 1. The molecule has 0 aliphatic heterocycles. The second-order valence-electron chi connectivity index (χ2n) is 3.12. The van der Waals surface area contributed by atoms with Gasteiger partial charge in [0.1, 0.15) is 5.78 Å². The van der Waals surface area contributed by atoms with Gasteiger partial charge in [-0.05, 0) is 17.9 Å². The van der Waals surface area contributed by atoms with Gasteiger partial charge in [0.15, 0.2) is 0 Å². The van der Waals surface area contributed by atoms with Gasteiger partial charge in [0.25, 0.3) is 0 Å². The van der Waals surface area contributed by atoms with Gasteiger partial charge in [0.2, 0.25) is 0 Å². The predicted molar refractivity (Wildman–Crippen MR) is 54.4 cm³/mol. The summed E-state index contributed by atoms with van der Waals surface area (Å²) in [6, 6.07) is 7.47. The summed E-state index contributed by atoms with van der Waals surface area (Å²) in [4.78, 5) is 22.8. The quantitative estimate of drug-likeness (QED) is 0.411. The molecule has 1 aromatic carbocycles. The third-order valence-electron chi connectivity index (χ3n) is 2.12. The minimum atomic E-state index is -1.13. The van der Waals surface area contributed by atoms with E-state index in [2.05, 4.69) is 10.7 Å². The van der Waals surface area contributed by atoms with Crippen LogP contribution in [0.25, 0.3) is 0 Å². The summed E-state index contributed by atoms with van der Waals surface area (Å²) in [7, 11) is 0. The van der Waals surface area contributed by atoms with E-state index in [1.165, 1.54) is 24.5 Å². The minimum Gasteiger partial charge on any atom is -0.565 e. The van der Waals surface area contributed by atoms with Gasteiger partial charge < -0.3 is 14.3 Å². The van der Waals surface area contributed by atoms with Crippen molar-refractivity contribution in [3.05, 3.63) is 59.5 Å². The number of rotatable bonds is 3. The molecule has 0 saturated carbocycles. The Kier molecular flexibility index (Phi) is 4.33. The van der Waals surface area contributed by atoms with Crippen LogP contribution in [0.5, 0.6) is 0 Å². The van der Waals surface area contributed by atoms with E-state index in [9.17, 15) is 9.59 Å². The number of carbonyl (C=O) groups is 2. The first kappa shape index (κ1) is 13.3. The Morgan fingerprint density at radius 3 is 2.29 bits per heavy atom. The molecule has 0 amide bonds. The fourth-order valence-corrected chi connectivity index (χ4v) is 1.37. The van der Waals surface area contributed by atoms with E-state index in [1.54, 1.807) is 12.1 Å². The summed E-state index contributed by atoms with van der Waals surface area (Å²) in [5, 5.41) is 8.93. The van der Waals surface area contributed by atoms with Crippen LogP contribution in [0.15, 0.2) is 41.0 Å². The molecule has 4 nitrogen and oxygen atoms in total. The van der Waals surface area contributed by atoms with Crippen molar-refractivity contribution in [3.63, 3.8) is 0 Å². The average molecular weight is 222 g/mol. The van der Waals surface area contributed by atoms with Crippen LogP contribution in [0, 0.1) is 6.26 Å². The van der Waals surface area contributed by atoms with Crippen molar-refractivity contribution in [2.75, 3.05) is 0 Å². The maximum absolute atomic E-state index is 11.9. The number of aromatic carboxylic acids is 1. The maximum Gasteiger partial charge on any atom is 1.00 e. The van der Waals surface area contributed by atoms with Crippen molar-refractivity contribution in [2.24, 2.45) is 0 Å². The molecule has 5 heteroatoms. The van der Waals surface area contributed by atoms with Crippen LogP contribution in [0.1, 0.15) is 26.3 Å². The van der Waals surface area contributed by atoms with E-state index in [1.807, 2.05) is 0 Å². The first-order chi connectivity index (χ1) is 7.70. The molecular weight excluding hydrogens is 215 g/mol. The van der Waals surface area contributed by atoms with E-state index in [0.29, 0.717) is 0 Å². The summed E-state index contributed by atoms with van der Waals surface area (Å²) in [5.74, 6) is -1.54. The van der Waals surface area contributed by atoms with Crippen molar-refractivity contribution < 1.29 is 38.0 Å². The molecule has 1 heterocycles. The Hall–Kier alpha value is -1.76. The zero-order valence-electron chi connectivity index (χ0n) is 9.14. The maximum atomic E-state index is 11.9. The second kappa shape index (κ2) is 5.53. The number of hydrogen-bond acceptors (Lipinski definition) is 3. The van der Waals surface area contributed by atoms with Gasteiger partial charge in [-0.2, -0.15) is 0 Å². The van der Waals surface area contributed by atoms with Crippen molar-refractivity contribution in [3.8, 4) is 0 Å². The summed E-state index contributed by atoms with van der Waals surface area (Å²) < 4.78 is 4.66. The standard InChI is InChI=1S/C12H7O4.Li/c13-11(8-5-6-16-7-8)9-3-1-2-4-10(9)12(14)15;/h1-6H,(H,14,15);/q-1;+1. The smallest absolute Gasteiger partial charge is 0.565 e. The third kappa shape index (κ3) is 2.67. The van der Waals surface area contributed by atoms with Crippen molar-refractivity contribution in [2.45, 2.75) is 0 Å². The fourth-order valence-electron chi connectivity index (χ4n) is 1.37. The molecule has 0 unspecified atom stereocenters. The number of ketones is 1. The molecule has 0 atom stereocenters. The topological polar surface area (TPSA) is 67.5 Å². The molecule has 80 valence electrons. The summed E-state index contributed by atoms with van der Waals surface area (Å²) >= 11 is 0. The second-order valence-corrected chi connectivity index (χ2v) is 3.12. The van der Waals surface area contributed by atoms with Gasteiger partial charge in [0.05, 0.1) is 5.56 Å². The summed E-state index contributed by atoms with van der Waals surface area (Å²) in [6.07, 6.45) is 3.70. The number of hydrogen-bond donors (Lipinski definition) is 1. The van der Waals surface area contributed by atoms with Gasteiger partial charge in [-0.1, -0.05) is 23.8 Å². The molecule has 17 heavy (non-hydrogen) atoms. The van der Waals surface area contributed by atoms with Crippen molar-refractivity contribution in [1.29, 1.82) is 0 Å². The molecule has 2 rings (SSSR count). The van der Waals surface area contributed by atoms with Crippen LogP contribution in [0.4, 0.5) is 0 Å². The Morgan fingerprint density at radius 1 is 1.12 bits per heavy atom. The first-order valence-electron chi connectivity index (χ1n) is 4.52. The molecule has 0 aliphatic carbocycles. The number of carbonyl (C=O) groups excluding carboxylic acids is 1. The molecule has 1 N–H and O–H groups in total. The molecule has 0 radical (unpaired) electrons. The molecule has 1 aromatic heterocycles. The van der Waals surface area contributed by atoms with Crippen LogP contribution in [0.3, 0.4) is 0 Å². The van der Waals surface area contributed by atoms with E-state index in [-0.39, 0.29) is 35.6 Å². The van der Waals surface area contributed by atoms with Crippen LogP contribution in [-0.4, -0.2) is 16.9 Å². The van der Waals surface area contributed by atoms with Crippen LogP contribution < -0.4 is 18.9 Å². The molecule has 0 saturated heterocycles. The SMILES string of the molecule is O=C(O)c1ccccc1C(=O)c1[c-]occ1.[Li+]. The Morgan fingerprint density at radius 2 is 1.76 bits per heavy atom. The minimum absolute atomic E-state index is 0. The molecule has 0 spiro atoms. The van der Waals surface area contributed by atoms with E-state index < -0.39 is 11.8 Å². The number of carboxylic acids is 1. The van der Waals surface area contributed by atoms with Gasteiger partial charge in [-0.25, -0.2) is 4.79 Å². The van der Waals surface area contributed by atoms with E-state index in [0.717, 1.165) is 0 Å². The van der Waals surface area contributed by atoms with Crippen LogP contribution in [-0.2, 0) is 0 Å².